The highest BCUT2D eigenvalue weighted by atomic mass is 35.5. The molecule has 0 radical (unpaired) electrons. The lowest BCUT2D eigenvalue weighted by Gasteiger charge is -2.20. The first-order valence-corrected chi connectivity index (χ1v) is 11.7. The minimum absolute atomic E-state index is 0.0383. The Morgan fingerprint density at radius 1 is 0.926 bits per heavy atom. The highest BCUT2D eigenvalue weighted by Crippen LogP contribution is 2.29. The number of nitrogens with zero attached hydrogens (tertiary/aromatic N) is 1. The maximum absolute atomic E-state index is 12.8. The summed E-state index contributed by atoms with van der Waals surface area (Å²) in [5.41, 5.74) is 1.68. The fourth-order valence-corrected chi connectivity index (χ4v) is 6.01. The van der Waals surface area contributed by atoms with Crippen LogP contribution in [0.2, 0.25) is 5.02 Å². The molecule has 0 fully saturated rings. The van der Waals surface area contributed by atoms with Gasteiger partial charge in [-0.05, 0) is 43.7 Å². The maximum Gasteiger partial charge on any atom is 0.262 e. The molecule has 0 atom stereocenters. The topological polar surface area (TPSA) is 83.6 Å². The van der Waals surface area contributed by atoms with E-state index in [-0.39, 0.29) is 33.6 Å². The molecule has 148 valence electrons. The largest absolute Gasteiger partial charge is 0.280 e. The van der Waals surface area contributed by atoms with Crippen LogP contribution < -0.4 is 4.72 Å². The van der Waals surface area contributed by atoms with Gasteiger partial charge in [0.25, 0.3) is 10.0 Å². The van der Waals surface area contributed by atoms with E-state index >= 15 is 0 Å². The van der Waals surface area contributed by atoms with Crippen molar-refractivity contribution in [2.24, 2.45) is 0 Å². The number of benzene rings is 2. The van der Waals surface area contributed by atoms with Crippen molar-refractivity contribution in [1.82, 2.24) is 4.31 Å². The summed E-state index contributed by atoms with van der Waals surface area (Å²) in [4.78, 5) is 0.00453. The molecule has 6 nitrogen and oxygen atoms in total. The van der Waals surface area contributed by atoms with E-state index in [1.54, 1.807) is 32.9 Å². The zero-order valence-electron chi connectivity index (χ0n) is 15.7. The van der Waals surface area contributed by atoms with Crippen LogP contribution in [-0.2, 0) is 20.0 Å². The number of anilines is 1. The van der Waals surface area contributed by atoms with Crippen LogP contribution in [0.4, 0.5) is 5.69 Å². The summed E-state index contributed by atoms with van der Waals surface area (Å²) in [5, 5.41) is 0.0383. The molecular weight excluding hydrogens is 408 g/mol. The second kappa shape index (κ2) is 8.18. The number of hydrogen-bond donors (Lipinski definition) is 1. The summed E-state index contributed by atoms with van der Waals surface area (Å²) >= 11 is 6.09. The first kappa shape index (κ1) is 21.7. The molecule has 0 aliphatic heterocycles. The number of sulfonamides is 2. The second-order valence-corrected chi connectivity index (χ2v) is 10.1. The van der Waals surface area contributed by atoms with Crippen molar-refractivity contribution < 1.29 is 16.8 Å². The summed E-state index contributed by atoms with van der Waals surface area (Å²) in [6.45, 7) is 7.60. The van der Waals surface area contributed by atoms with Crippen molar-refractivity contribution in [2.75, 3.05) is 17.8 Å². The smallest absolute Gasteiger partial charge is 0.262 e. The van der Waals surface area contributed by atoms with Gasteiger partial charge in [0.05, 0.1) is 15.6 Å². The van der Waals surface area contributed by atoms with E-state index < -0.39 is 20.0 Å². The zero-order chi connectivity index (χ0) is 20.4. The van der Waals surface area contributed by atoms with Crippen molar-refractivity contribution in [2.45, 2.75) is 37.5 Å². The van der Waals surface area contributed by atoms with Crippen LogP contribution in [0, 0.1) is 13.8 Å². The highest BCUT2D eigenvalue weighted by Gasteiger charge is 2.25. The second-order valence-electron chi connectivity index (χ2n) is 6.11. The van der Waals surface area contributed by atoms with Gasteiger partial charge < -0.3 is 0 Å². The van der Waals surface area contributed by atoms with Gasteiger partial charge in [0.15, 0.2) is 0 Å². The van der Waals surface area contributed by atoms with Crippen molar-refractivity contribution in [3.8, 4) is 0 Å². The minimum Gasteiger partial charge on any atom is -0.280 e. The molecule has 0 saturated heterocycles. The van der Waals surface area contributed by atoms with E-state index in [1.807, 2.05) is 6.92 Å². The van der Waals surface area contributed by atoms with E-state index in [1.165, 1.54) is 28.6 Å². The molecule has 0 aromatic heterocycles. The molecule has 1 N–H and O–H groups in total. The average Bonchev–Trinajstić information content (AvgIpc) is 2.56. The van der Waals surface area contributed by atoms with Crippen LogP contribution in [0.3, 0.4) is 0 Å². The lowest BCUT2D eigenvalue weighted by molar-refractivity contribution is 0.445. The van der Waals surface area contributed by atoms with Gasteiger partial charge in [-0.15, -0.1) is 0 Å². The SMILES string of the molecule is CCN(CC)S(=O)(=O)c1cc(NS(=O)(=O)c2ccc(C)cc2C)ccc1Cl. The van der Waals surface area contributed by atoms with Crippen molar-refractivity contribution >= 4 is 37.3 Å². The fraction of sp³-hybridized carbons (Fsp3) is 0.333. The molecule has 0 unspecified atom stereocenters. The Hall–Kier alpha value is -1.61. The molecule has 2 rings (SSSR count). The molecule has 0 heterocycles. The van der Waals surface area contributed by atoms with Gasteiger partial charge in [0.1, 0.15) is 4.90 Å². The normalized spacial score (nSPS) is 12.4. The van der Waals surface area contributed by atoms with Gasteiger partial charge in [0.2, 0.25) is 10.0 Å². The van der Waals surface area contributed by atoms with E-state index in [9.17, 15) is 16.8 Å². The van der Waals surface area contributed by atoms with Crippen LogP contribution in [0.1, 0.15) is 25.0 Å². The quantitative estimate of drug-likeness (QED) is 0.724. The monoisotopic (exact) mass is 430 g/mol. The van der Waals surface area contributed by atoms with Crippen molar-refractivity contribution in [3.63, 3.8) is 0 Å². The Bertz CT molecular complexity index is 1050. The van der Waals surface area contributed by atoms with Crippen molar-refractivity contribution in [1.29, 1.82) is 0 Å². The Morgan fingerprint density at radius 2 is 1.56 bits per heavy atom. The maximum atomic E-state index is 12.8. The lowest BCUT2D eigenvalue weighted by atomic mass is 10.2. The fourth-order valence-electron chi connectivity index (χ4n) is 2.78. The van der Waals surface area contributed by atoms with E-state index in [2.05, 4.69) is 4.72 Å². The molecule has 0 spiro atoms. The molecule has 2 aromatic rings. The molecule has 0 aliphatic carbocycles. The first-order valence-electron chi connectivity index (χ1n) is 8.42. The van der Waals surface area contributed by atoms with E-state index in [0.717, 1.165) is 5.56 Å². The third kappa shape index (κ3) is 4.63. The van der Waals surface area contributed by atoms with Gasteiger partial charge in [-0.2, -0.15) is 4.31 Å². The van der Waals surface area contributed by atoms with Crippen LogP contribution in [0.15, 0.2) is 46.2 Å². The molecule has 0 aliphatic rings. The highest BCUT2D eigenvalue weighted by molar-refractivity contribution is 7.92. The average molecular weight is 431 g/mol. The zero-order valence-corrected chi connectivity index (χ0v) is 18.0. The Morgan fingerprint density at radius 3 is 2.11 bits per heavy atom. The molecule has 0 amide bonds. The predicted molar refractivity (Wildman–Crippen MR) is 108 cm³/mol. The van der Waals surface area contributed by atoms with Crippen LogP contribution in [0.5, 0.6) is 0 Å². The molecule has 27 heavy (non-hydrogen) atoms. The Kier molecular flexibility index (Phi) is 6.57. The van der Waals surface area contributed by atoms with Gasteiger partial charge in [-0.3, -0.25) is 4.72 Å². The van der Waals surface area contributed by atoms with Crippen LogP contribution in [-0.4, -0.2) is 34.2 Å². The molecule has 2 aromatic carbocycles. The molecule has 0 bridgehead atoms. The van der Waals surface area contributed by atoms with Crippen molar-refractivity contribution in [3.05, 3.63) is 52.5 Å². The number of hydrogen-bond acceptors (Lipinski definition) is 4. The summed E-state index contributed by atoms with van der Waals surface area (Å²) in [5.74, 6) is 0. The Labute approximate surface area is 166 Å². The molecule has 0 saturated carbocycles. The van der Waals surface area contributed by atoms with Crippen LogP contribution in [0.25, 0.3) is 0 Å². The van der Waals surface area contributed by atoms with Gasteiger partial charge in [0, 0.05) is 13.1 Å². The summed E-state index contributed by atoms with van der Waals surface area (Å²) < 4.78 is 54.7. The number of aryl methyl sites for hydroxylation is 2. The number of halogens is 1. The lowest BCUT2D eigenvalue weighted by Crippen LogP contribution is -2.30. The third-order valence-electron chi connectivity index (χ3n) is 4.13. The van der Waals surface area contributed by atoms with E-state index in [4.69, 9.17) is 11.6 Å². The first-order chi connectivity index (χ1) is 12.5. The summed E-state index contributed by atoms with van der Waals surface area (Å²) in [6.07, 6.45) is 0. The summed E-state index contributed by atoms with van der Waals surface area (Å²) in [6, 6.07) is 9.06. The Balaban J connectivity index is 2.47. The van der Waals surface area contributed by atoms with Gasteiger partial charge in [-0.25, -0.2) is 16.8 Å². The van der Waals surface area contributed by atoms with Gasteiger partial charge in [-0.1, -0.05) is 43.1 Å². The minimum atomic E-state index is -3.87. The number of nitrogens with one attached hydrogen (secondary N) is 1. The van der Waals surface area contributed by atoms with E-state index in [0.29, 0.717) is 5.56 Å². The van der Waals surface area contributed by atoms with Crippen LogP contribution >= 0.6 is 11.6 Å². The van der Waals surface area contributed by atoms with Gasteiger partial charge >= 0.3 is 0 Å². The third-order valence-corrected chi connectivity index (χ3v) is 8.20. The standard InChI is InChI=1S/C18H23ClN2O4S2/c1-5-21(6-2)27(24,25)18-12-15(8-9-16(18)19)20-26(22,23)17-10-7-13(3)11-14(17)4/h7-12,20H,5-6H2,1-4H3. The number of rotatable bonds is 7. The summed E-state index contributed by atoms with van der Waals surface area (Å²) in [7, 11) is -7.69. The molecule has 9 heteroatoms. The molecular formula is C18H23ClN2O4S2. The predicted octanol–water partition coefficient (Wildman–Crippen LogP) is 3.79.